The van der Waals surface area contributed by atoms with E-state index in [2.05, 4.69) is 9.50 Å². The fourth-order valence-corrected chi connectivity index (χ4v) is 5.49. The first-order chi connectivity index (χ1) is 17.6. The average molecular weight is 660 g/mol. The van der Waals surface area contributed by atoms with Crippen LogP contribution in [0.3, 0.4) is 0 Å². The van der Waals surface area contributed by atoms with Gasteiger partial charge in [0.2, 0.25) is 5.91 Å². The van der Waals surface area contributed by atoms with Crippen LogP contribution < -0.4 is 9.50 Å². The monoisotopic (exact) mass is 659 g/mol. The third-order valence-electron chi connectivity index (χ3n) is 5.18. The number of carbonyl (C=O) groups is 1. The molecule has 0 atom stereocenters. The second-order valence-electron chi connectivity index (χ2n) is 8.50. The summed E-state index contributed by atoms with van der Waals surface area (Å²) in [7, 11) is -22.7. The van der Waals surface area contributed by atoms with Gasteiger partial charge < -0.3 is 13.6 Å². The Bertz CT molecular complexity index is 1410. The highest BCUT2D eigenvalue weighted by molar-refractivity contribution is 8.13. The number of nitrogens with zero attached hydrogens (tertiary/aromatic N) is 1. The van der Waals surface area contributed by atoms with Crippen LogP contribution in [0.25, 0.3) is 4.13 Å². The van der Waals surface area contributed by atoms with Crippen LogP contribution in [-0.4, -0.2) is 59.6 Å². The van der Waals surface area contributed by atoms with Gasteiger partial charge in [0.05, 0.1) is 0 Å². The maximum atomic E-state index is 14.1. The topological polar surface area (TPSA) is 155 Å². The predicted molar refractivity (Wildman–Crippen MR) is 119 cm³/mol. The number of halogens is 9. The number of rotatable bonds is 13. The predicted octanol–water partition coefficient (Wildman–Crippen LogP) is 3.86. The zero-order chi connectivity index (χ0) is 31.8. The van der Waals surface area contributed by atoms with Gasteiger partial charge in [-0.25, -0.2) is 16.8 Å². The van der Waals surface area contributed by atoms with Crippen molar-refractivity contribution in [3.8, 4) is 5.75 Å². The van der Waals surface area contributed by atoms with E-state index in [9.17, 15) is 69.6 Å². The van der Waals surface area contributed by atoms with Crippen molar-refractivity contribution in [2.24, 2.45) is 5.41 Å². The molecule has 1 rings (SSSR count). The van der Waals surface area contributed by atoms with Gasteiger partial charge >= 0.3 is 32.1 Å². The quantitative estimate of drug-likeness (QED) is 0.247. The Morgan fingerprint density at radius 2 is 1.30 bits per heavy atom. The van der Waals surface area contributed by atoms with Crippen molar-refractivity contribution in [3.05, 3.63) is 34.0 Å². The van der Waals surface area contributed by atoms with Crippen LogP contribution in [0.4, 0.5) is 39.5 Å². The van der Waals surface area contributed by atoms with Gasteiger partial charge in [0, 0.05) is 12.0 Å². The molecule has 1 N–H and O–H groups in total. The number of alkyl halides is 9. The molecule has 10 nitrogen and oxygen atoms in total. The van der Waals surface area contributed by atoms with Crippen molar-refractivity contribution in [1.82, 2.24) is 5.32 Å². The molecule has 1 aromatic rings. The maximum absolute atomic E-state index is 14.1. The standard InChI is InChI=1S/C18H20F9N2O8S3/c1-4-14(2,3)13(30)28-10-9-11-5-7-12(8-6-11)37-40(35,36)17(23,24)15(19,20)16(21,22)38(31,32)29-39(33,34)18(25,26)27/h5-8H,4,9-10H2,1-3H3,(H,28,30)/q-1. The Hall–Kier alpha value is -2.33. The lowest BCUT2D eigenvalue weighted by atomic mass is 9.89. The van der Waals surface area contributed by atoms with Crippen molar-refractivity contribution < 1.29 is 73.7 Å². The van der Waals surface area contributed by atoms with Gasteiger partial charge in [-0.2, -0.15) is 47.9 Å². The smallest absolute Gasteiger partial charge is 0.423 e. The van der Waals surface area contributed by atoms with Crippen molar-refractivity contribution in [2.45, 2.75) is 55.6 Å². The molecule has 0 aliphatic rings. The minimum atomic E-state index is -8.00. The van der Waals surface area contributed by atoms with E-state index in [0.29, 0.717) is 28.2 Å². The fourth-order valence-electron chi connectivity index (χ4n) is 2.32. The second-order valence-corrected chi connectivity index (χ2v) is 13.6. The molecule has 0 radical (unpaired) electrons. The molecule has 0 aliphatic carbocycles. The van der Waals surface area contributed by atoms with E-state index >= 15 is 0 Å². The Morgan fingerprint density at radius 3 is 1.73 bits per heavy atom. The fraction of sp³-hybridized carbons (Fsp3) is 0.611. The van der Waals surface area contributed by atoms with E-state index in [1.54, 1.807) is 20.8 Å². The number of hydrogen-bond donors (Lipinski definition) is 1. The van der Waals surface area contributed by atoms with Crippen LogP contribution in [0.2, 0.25) is 0 Å². The van der Waals surface area contributed by atoms with Crippen LogP contribution in [0, 0.1) is 5.41 Å². The third-order valence-corrected chi connectivity index (χ3v) is 9.54. The lowest BCUT2D eigenvalue weighted by Gasteiger charge is -2.35. The number of carbonyl (C=O) groups excluding carboxylic acids is 1. The summed E-state index contributed by atoms with van der Waals surface area (Å²) in [5.74, 6) is -9.11. The lowest BCUT2D eigenvalue weighted by molar-refractivity contribution is -0.245. The third kappa shape index (κ3) is 6.93. The zero-order valence-electron chi connectivity index (χ0n) is 20.3. The highest BCUT2D eigenvalue weighted by Gasteiger charge is 2.81. The summed E-state index contributed by atoms with van der Waals surface area (Å²) in [6.45, 7) is 5.14. The van der Waals surface area contributed by atoms with E-state index in [4.69, 9.17) is 0 Å². The molecule has 40 heavy (non-hydrogen) atoms. The molecule has 1 aromatic carbocycles. The molecular weight excluding hydrogens is 639 g/mol. The Kier molecular flexibility index (Phi) is 9.96. The summed E-state index contributed by atoms with van der Waals surface area (Å²) >= 11 is 0. The number of nitrogens with one attached hydrogen (secondary N) is 1. The number of hydrogen-bond acceptors (Lipinski definition) is 8. The normalized spacial score (nSPS) is 14.6. The molecule has 1 amide bonds. The summed E-state index contributed by atoms with van der Waals surface area (Å²) < 4.78 is 193. The van der Waals surface area contributed by atoms with Crippen LogP contribution in [0.5, 0.6) is 5.75 Å². The molecule has 0 heterocycles. The summed E-state index contributed by atoms with van der Waals surface area (Å²) in [4.78, 5) is 12.0. The molecule has 0 bridgehead atoms. The molecule has 232 valence electrons. The van der Waals surface area contributed by atoms with Crippen LogP contribution in [0.1, 0.15) is 32.8 Å². The van der Waals surface area contributed by atoms with Gasteiger partial charge in [0.15, 0.2) is 20.0 Å². The SMILES string of the molecule is CCC(C)(C)C(=O)NCCc1ccc(OS(=O)(=O)C(F)(F)C(F)(F)C(F)(F)S(=O)(=O)[N-]S(=O)(=O)C(F)(F)F)cc1. The zero-order valence-corrected chi connectivity index (χ0v) is 22.7. The molecule has 0 fully saturated rings. The van der Waals surface area contributed by atoms with Gasteiger partial charge in [0.1, 0.15) is 5.75 Å². The highest BCUT2D eigenvalue weighted by Crippen LogP contribution is 2.53. The van der Waals surface area contributed by atoms with Gasteiger partial charge in [-0.3, -0.25) is 4.79 Å². The first kappa shape index (κ1) is 35.7. The molecule has 0 aromatic heterocycles. The lowest BCUT2D eigenvalue weighted by Crippen LogP contribution is -2.61. The summed E-state index contributed by atoms with van der Waals surface area (Å²) in [6.07, 6.45) is 0.587. The summed E-state index contributed by atoms with van der Waals surface area (Å²) in [6, 6.07) is 3.19. The molecule has 0 unspecified atom stereocenters. The first-order valence-corrected chi connectivity index (χ1v) is 14.6. The van der Waals surface area contributed by atoms with Crippen molar-refractivity contribution in [2.75, 3.05) is 6.54 Å². The van der Waals surface area contributed by atoms with E-state index < -0.39 is 63.3 Å². The van der Waals surface area contributed by atoms with E-state index in [-0.39, 0.29) is 18.9 Å². The molecular formula is C18H20F9N2O8S3-. The number of amides is 1. The Morgan fingerprint density at radius 1 is 0.825 bits per heavy atom. The van der Waals surface area contributed by atoms with Gasteiger partial charge in [-0.05, 0) is 30.5 Å². The maximum Gasteiger partial charge on any atom is 0.480 e. The van der Waals surface area contributed by atoms with E-state index in [0.717, 1.165) is 12.1 Å². The Balaban J connectivity index is 3.17. The largest absolute Gasteiger partial charge is 0.480 e. The molecule has 0 spiro atoms. The van der Waals surface area contributed by atoms with Crippen molar-refractivity contribution >= 4 is 36.1 Å². The van der Waals surface area contributed by atoms with E-state index in [1.165, 1.54) is 0 Å². The van der Waals surface area contributed by atoms with E-state index in [1.807, 2.05) is 0 Å². The minimum absolute atomic E-state index is 0.0454. The summed E-state index contributed by atoms with van der Waals surface area (Å²) in [5.41, 5.74) is -7.12. The number of benzene rings is 1. The summed E-state index contributed by atoms with van der Waals surface area (Å²) in [5, 5.41) is -12.1. The molecule has 0 saturated carbocycles. The van der Waals surface area contributed by atoms with Crippen LogP contribution in [-0.2, 0) is 41.4 Å². The van der Waals surface area contributed by atoms with Crippen LogP contribution in [0.15, 0.2) is 24.3 Å². The average Bonchev–Trinajstić information content (AvgIpc) is 2.77. The van der Waals surface area contributed by atoms with Crippen LogP contribution >= 0.6 is 0 Å². The minimum Gasteiger partial charge on any atom is -0.423 e. The van der Waals surface area contributed by atoms with Gasteiger partial charge in [-0.1, -0.05) is 32.9 Å². The molecule has 0 saturated heterocycles. The highest BCUT2D eigenvalue weighted by atomic mass is 32.3. The van der Waals surface area contributed by atoms with Gasteiger partial charge in [-0.15, -0.1) is 0 Å². The Labute approximate surface area is 222 Å². The number of sulfonamides is 2. The van der Waals surface area contributed by atoms with Crippen molar-refractivity contribution in [3.63, 3.8) is 0 Å². The molecule has 0 aliphatic heterocycles. The van der Waals surface area contributed by atoms with Crippen molar-refractivity contribution in [1.29, 1.82) is 0 Å². The first-order valence-electron chi connectivity index (χ1n) is 10.3. The van der Waals surface area contributed by atoms with Gasteiger partial charge in [0.25, 0.3) is 0 Å². The second kappa shape index (κ2) is 11.2. The molecule has 22 heteroatoms.